The van der Waals surface area contributed by atoms with Crippen LogP contribution >= 0.6 is 27.5 Å². The Morgan fingerprint density at radius 1 is 1.26 bits per heavy atom. The zero-order chi connectivity index (χ0) is 13.8. The Hall–Kier alpha value is -0.900. The van der Waals surface area contributed by atoms with E-state index >= 15 is 0 Å². The molecule has 1 unspecified atom stereocenters. The molecule has 1 nitrogen and oxygen atoms in total. The SMILES string of the molecule is CC(NCc1ccc(Br)c(F)c1)c1cccc(Cl)c1. The molecule has 0 aliphatic heterocycles. The molecular weight excluding hydrogens is 329 g/mol. The van der Waals surface area contributed by atoms with Gasteiger partial charge in [-0.25, -0.2) is 4.39 Å². The summed E-state index contributed by atoms with van der Waals surface area (Å²) in [7, 11) is 0. The summed E-state index contributed by atoms with van der Waals surface area (Å²) in [4.78, 5) is 0. The van der Waals surface area contributed by atoms with Gasteiger partial charge >= 0.3 is 0 Å². The van der Waals surface area contributed by atoms with Crippen molar-refractivity contribution >= 4 is 27.5 Å². The molecule has 1 N–H and O–H groups in total. The van der Waals surface area contributed by atoms with Gasteiger partial charge in [0.05, 0.1) is 4.47 Å². The van der Waals surface area contributed by atoms with E-state index < -0.39 is 0 Å². The Morgan fingerprint density at radius 3 is 2.74 bits per heavy atom. The van der Waals surface area contributed by atoms with Crippen molar-refractivity contribution in [2.24, 2.45) is 0 Å². The molecule has 2 aromatic carbocycles. The van der Waals surface area contributed by atoms with E-state index in [1.54, 1.807) is 6.07 Å². The molecule has 0 bridgehead atoms. The van der Waals surface area contributed by atoms with Gasteiger partial charge in [0.15, 0.2) is 0 Å². The van der Waals surface area contributed by atoms with Crippen LogP contribution in [-0.4, -0.2) is 0 Å². The van der Waals surface area contributed by atoms with E-state index in [1.165, 1.54) is 6.07 Å². The van der Waals surface area contributed by atoms with E-state index in [1.807, 2.05) is 30.3 Å². The van der Waals surface area contributed by atoms with E-state index in [0.717, 1.165) is 16.1 Å². The normalized spacial score (nSPS) is 12.4. The molecule has 0 fully saturated rings. The molecule has 0 aliphatic rings. The summed E-state index contributed by atoms with van der Waals surface area (Å²) in [5.41, 5.74) is 2.03. The number of halogens is 3. The van der Waals surface area contributed by atoms with Crippen LogP contribution in [0.3, 0.4) is 0 Å². The van der Waals surface area contributed by atoms with Gasteiger partial charge in [-0.2, -0.15) is 0 Å². The lowest BCUT2D eigenvalue weighted by Gasteiger charge is -2.14. The molecule has 2 aromatic rings. The molecular formula is C15H14BrClFN. The van der Waals surface area contributed by atoms with Crippen molar-refractivity contribution < 1.29 is 4.39 Å². The first-order chi connectivity index (χ1) is 9.06. The van der Waals surface area contributed by atoms with Gasteiger partial charge in [0.1, 0.15) is 5.82 Å². The lowest BCUT2D eigenvalue weighted by molar-refractivity contribution is 0.568. The number of hydrogen-bond donors (Lipinski definition) is 1. The minimum absolute atomic E-state index is 0.158. The van der Waals surface area contributed by atoms with Gasteiger partial charge in [-0.15, -0.1) is 0 Å². The van der Waals surface area contributed by atoms with E-state index in [9.17, 15) is 4.39 Å². The Kier molecular flexibility index (Phi) is 4.97. The number of rotatable bonds is 4. The van der Waals surface area contributed by atoms with E-state index in [4.69, 9.17) is 11.6 Å². The van der Waals surface area contributed by atoms with Crippen LogP contribution in [0.15, 0.2) is 46.9 Å². The summed E-state index contributed by atoms with van der Waals surface area (Å²) < 4.78 is 13.9. The third kappa shape index (κ3) is 4.03. The molecule has 0 aliphatic carbocycles. The fourth-order valence-electron chi connectivity index (χ4n) is 1.81. The highest BCUT2D eigenvalue weighted by molar-refractivity contribution is 9.10. The molecule has 0 amide bonds. The quantitative estimate of drug-likeness (QED) is 0.816. The average Bonchev–Trinajstić information content (AvgIpc) is 2.40. The highest BCUT2D eigenvalue weighted by atomic mass is 79.9. The summed E-state index contributed by atoms with van der Waals surface area (Å²) in [6.07, 6.45) is 0. The fourth-order valence-corrected chi connectivity index (χ4v) is 2.26. The fraction of sp³-hybridized carbons (Fsp3) is 0.200. The Balaban J connectivity index is 2.00. The number of benzene rings is 2. The van der Waals surface area contributed by atoms with Crippen molar-refractivity contribution in [1.82, 2.24) is 5.32 Å². The molecule has 19 heavy (non-hydrogen) atoms. The van der Waals surface area contributed by atoms with Gasteiger partial charge in [0, 0.05) is 17.6 Å². The van der Waals surface area contributed by atoms with Crippen LogP contribution in [-0.2, 0) is 6.54 Å². The largest absolute Gasteiger partial charge is 0.306 e. The lowest BCUT2D eigenvalue weighted by Crippen LogP contribution is -2.18. The first kappa shape index (κ1) is 14.5. The van der Waals surface area contributed by atoms with Crippen LogP contribution in [0.2, 0.25) is 5.02 Å². The molecule has 1 atom stereocenters. The molecule has 0 saturated heterocycles. The van der Waals surface area contributed by atoms with Crippen LogP contribution in [0, 0.1) is 5.82 Å². The minimum Gasteiger partial charge on any atom is -0.306 e. The molecule has 2 rings (SSSR count). The predicted molar refractivity (Wildman–Crippen MR) is 80.8 cm³/mol. The maximum Gasteiger partial charge on any atom is 0.137 e. The lowest BCUT2D eigenvalue weighted by atomic mass is 10.1. The van der Waals surface area contributed by atoms with Crippen molar-refractivity contribution in [2.75, 3.05) is 0 Å². The Morgan fingerprint density at radius 2 is 2.05 bits per heavy atom. The Labute approximate surface area is 125 Å². The van der Waals surface area contributed by atoms with Crippen molar-refractivity contribution in [3.05, 3.63) is 68.9 Å². The standard InChI is InChI=1S/C15H14BrClFN/c1-10(12-3-2-4-13(17)8-12)19-9-11-5-6-14(16)15(18)7-11/h2-8,10,19H,9H2,1H3. The molecule has 0 spiro atoms. The van der Waals surface area contributed by atoms with Gasteiger partial charge in [-0.1, -0.05) is 29.8 Å². The van der Waals surface area contributed by atoms with Crippen molar-refractivity contribution in [1.29, 1.82) is 0 Å². The van der Waals surface area contributed by atoms with Gasteiger partial charge in [-0.3, -0.25) is 0 Å². The summed E-state index contributed by atoms with van der Waals surface area (Å²) in [5, 5.41) is 4.07. The zero-order valence-electron chi connectivity index (χ0n) is 10.5. The maximum atomic E-state index is 13.4. The van der Waals surface area contributed by atoms with Gasteiger partial charge in [-0.05, 0) is 58.2 Å². The van der Waals surface area contributed by atoms with Crippen LogP contribution in [0.1, 0.15) is 24.1 Å². The predicted octanol–water partition coefficient (Wildman–Crippen LogP) is 5.09. The molecule has 0 aromatic heterocycles. The first-order valence-electron chi connectivity index (χ1n) is 5.99. The van der Waals surface area contributed by atoms with Crippen LogP contribution < -0.4 is 5.32 Å². The summed E-state index contributed by atoms with van der Waals surface area (Å²) in [6, 6.07) is 13.0. The van der Waals surface area contributed by atoms with Gasteiger partial charge < -0.3 is 5.32 Å². The van der Waals surface area contributed by atoms with Crippen molar-refractivity contribution in [3.63, 3.8) is 0 Å². The Bertz CT molecular complexity index is 574. The van der Waals surface area contributed by atoms with Crippen molar-refractivity contribution in [2.45, 2.75) is 19.5 Å². The molecule has 100 valence electrons. The van der Waals surface area contributed by atoms with E-state index in [2.05, 4.69) is 28.2 Å². The van der Waals surface area contributed by atoms with Gasteiger partial charge in [0.25, 0.3) is 0 Å². The third-order valence-electron chi connectivity index (χ3n) is 2.95. The molecule has 0 radical (unpaired) electrons. The second kappa shape index (κ2) is 6.51. The molecule has 0 heterocycles. The highest BCUT2D eigenvalue weighted by Gasteiger charge is 2.06. The maximum absolute atomic E-state index is 13.4. The average molecular weight is 343 g/mol. The van der Waals surface area contributed by atoms with E-state index in [-0.39, 0.29) is 11.9 Å². The highest BCUT2D eigenvalue weighted by Crippen LogP contribution is 2.19. The summed E-state index contributed by atoms with van der Waals surface area (Å²) >= 11 is 9.11. The topological polar surface area (TPSA) is 12.0 Å². The second-order valence-corrected chi connectivity index (χ2v) is 5.70. The third-order valence-corrected chi connectivity index (χ3v) is 3.82. The molecule has 0 saturated carbocycles. The van der Waals surface area contributed by atoms with E-state index in [0.29, 0.717) is 11.0 Å². The van der Waals surface area contributed by atoms with Crippen LogP contribution in [0.4, 0.5) is 4.39 Å². The monoisotopic (exact) mass is 341 g/mol. The summed E-state index contributed by atoms with van der Waals surface area (Å²) in [5.74, 6) is -0.241. The summed E-state index contributed by atoms with van der Waals surface area (Å²) in [6.45, 7) is 2.67. The molecule has 4 heteroatoms. The van der Waals surface area contributed by atoms with Crippen LogP contribution in [0.5, 0.6) is 0 Å². The number of nitrogens with one attached hydrogen (secondary N) is 1. The second-order valence-electron chi connectivity index (χ2n) is 4.41. The minimum atomic E-state index is -0.241. The first-order valence-corrected chi connectivity index (χ1v) is 7.16. The number of hydrogen-bond acceptors (Lipinski definition) is 1. The smallest absolute Gasteiger partial charge is 0.137 e. The van der Waals surface area contributed by atoms with Gasteiger partial charge in [0.2, 0.25) is 0 Å². The van der Waals surface area contributed by atoms with Crippen molar-refractivity contribution in [3.8, 4) is 0 Å². The van der Waals surface area contributed by atoms with Crippen LogP contribution in [0.25, 0.3) is 0 Å². The zero-order valence-corrected chi connectivity index (χ0v) is 12.8.